The number of benzene rings is 7. The first-order valence-corrected chi connectivity index (χ1v) is 14.6. The van der Waals surface area contributed by atoms with Gasteiger partial charge >= 0.3 is 0 Å². The molecule has 0 fully saturated rings. The van der Waals surface area contributed by atoms with Crippen molar-refractivity contribution in [3.63, 3.8) is 0 Å². The minimum atomic E-state index is -0.357. The van der Waals surface area contributed by atoms with E-state index in [1.165, 1.54) is 0 Å². The molecule has 0 radical (unpaired) electrons. The standard InChI is InChI=1S/C34H11Cl5O2/c35-21-11-20-16-8-10-19-23-13(12-3-1-2-4-17(12)33(19)40)5-6-14(22(16)23)15-7-9-18-25(24(15)20)27(21)34(41)28-26(18)29(36)31(38)32(39)30(28)37/h1-11H. The Bertz CT molecular complexity index is 2460. The maximum absolute atomic E-state index is 14.0. The zero-order valence-corrected chi connectivity index (χ0v) is 24.3. The molecule has 0 saturated carbocycles. The predicted octanol–water partition coefficient (Wildman–Crippen LogP) is 11.4. The van der Waals surface area contributed by atoms with Crippen molar-refractivity contribution in [2.75, 3.05) is 0 Å². The molecule has 2 aliphatic carbocycles. The first-order valence-electron chi connectivity index (χ1n) is 12.7. The monoisotopic (exact) mass is 626 g/mol. The molecule has 41 heavy (non-hydrogen) atoms. The predicted molar refractivity (Wildman–Crippen MR) is 170 cm³/mol. The van der Waals surface area contributed by atoms with Crippen LogP contribution in [-0.4, -0.2) is 11.6 Å². The molecule has 0 aliphatic heterocycles. The van der Waals surface area contributed by atoms with Crippen molar-refractivity contribution in [3.8, 4) is 22.3 Å². The molecule has 0 heterocycles. The van der Waals surface area contributed by atoms with Gasteiger partial charge in [0, 0.05) is 33.0 Å². The summed E-state index contributed by atoms with van der Waals surface area (Å²) in [5, 5.41) is 7.88. The van der Waals surface area contributed by atoms with Gasteiger partial charge in [0.2, 0.25) is 0 Å². The summed E-state index contributed by atoms with van der Waals surface area (Å²) in [4.78, 5) is 27.7. The molecule has 0 atom stereocenters. The maximum Gasteiger partial charge on any atom is 0.197 e. The second kappa shape index (κ2) is 7.92. The summed E-state index contributed by atoms with van der Waals surface area (Å²) >= 11 is 33.1. The molecular weight excluding hydrogens is 618 g/mol. The molecule has 0 bridgehead atoms. The molecule has 194 valence electrons. The number of hydrogen-bond donors (Lipinski definition) is 0. The molecular formula is C34H11Cl5O2. The average molecular weight is 629 g/mol. The van der Waals surface area contributed by atoms with Crippen molar-refractivity contribution < 1.29 is 9.59 Å². The minimum Gasteiger partial charge on any atom is -0.289 e. The first kappa shape index (κ1) is 24.2. The van der Waals surface area contributed by atoms with Gasteiger partial charge in [0.05, 0.1) is 30.7 Å². The van der Waals surface area contributed by atoms with E-state index in [1.54, 1.807) is 0 Å². The topological polar surface area (TPSA) is 34.1 Å². The molecule has 7 aromatic rings. The number of rotatable bonds is 0. The Morgan fingerprint density at radius 1 is 0.390 bits per heavy atom. The van der Waals surface area contributed by atoms with E-state index in [1.807, 2.05) is 54.6 Å². The summed E-state index contributed by atoms with van der Waals surface area (Å²) in [5.74, 6) is -0.347. The van der Waals surface area contributed by atoms with Gasteiger partial charge in [-0.3, -0.25) is 9.59 Å². The van der Waals surface area contributed by atoms with E-state index in [0.717, 1.165) is 48.8 Å². The molecule has 0 N–H and O–H groups in total. The smallest absolute Gasteiger partial charge is 0.197 e. The second-order valence-electron chi connectivity index (χ2n) is 10.5. The number of carbonyl (C=O) groups is 2. The minimum absolute atomic E-state index is 0.00939. The van der Waals surface area contributed by atoms with Crippen LogP contribution in [0.5, 0.6) is 0 Å². The molecule has 7 aromatic carbocycles. The highest BCUT2D eigenvalue weighted by Crippen LogP contribution is 2.55. The van der Waals surface area contributed by atoms with Crippen molar-refractivity contribution in [1.82, 2.24) is 0 Å². The number of fused-ring (bicyclic) bond motifs is 6. The lowest BCUT2D eigenvalue weighted by atomic mass is 9.76. The van der Waals surface area contributed by atoms with Crippen LogP contribution >= 0.6 is 58.0 Å². The van der Waals surface area contributed by atoms with Crippen LogP contribution in [0.3, 0.4) is 0 Å². The van der Waals surface area contributed by atoms with Crippen molar-refractivity contribution in [1.29, 1.82) is 0 Å². The highest BCUT2D eigenvalue weighted by molar-refractivity contribution is 6.56. The fraction of sp³-hybridized carbons (Fsp3) is 0. The van der Waals surface area contributed by atoms with E-state index in [-0.39, 0.29) is 37.2 Å². The van der Waals surface area contributed by atoms with Crippen molar-refractivity contribution >= 4 is 113 Å². The van der Waals surface area contributed by atoms with Crippen LogP contribution in [0.2, 0.25) is 25.1 Å². The molecule has 0 amide bonds. The molecule has 0 unspecified atom stereocenters. The Hall–Kier alpha value is -3.37. The second-order valence-corrected chi connectivity index (χ2v) is 12.4. The normalized spacial score (nSPS) is 13.6. The zero-order valence-electron chi connectivity index (χ0n) is 20.6. The molecule has 0 spiro atoms. The van der Waals surface area contributed by atoms with Crippen LogP contribution in [0, 0.1) is 0 Å². The van der Waals surface area contributed by atoms with Gasteiger partial charge < -0.3 is 0 Å². The fourth-order valence-corrected chi connectivity index (χ4v) is 8.37. The van der Waals surface area contributed by atoms with Crippen LogP contribution in [-0.2, 0) is 0 Å². The summed E-state index contributed by atoms with van der Waals surface area (Å²) in [7, 11) is 0. The van der Waals surface area contributed by atoms with Gasteiger partial charge in [-0.25, -0.2) is 0 Å². The largest absolute Gasteiger partial charge is 0.289 e. The molecule has 2 aliphatic rings. The van der Waals surface area contributed by atoms with Crippen molar-refractivity contribution in [2.45, 2.75) is 0 Å². The zero-order chi connectivity index (χ0) is 28.1. The molecule has 7 heteroatoms. The van der Waals surface area contributed by atoms with E-state index < -0.39 is 0 Å². The molecule has 0 saturated heterocycles. The van der Waals surface area contributed by atoms with Crippen molar-refractivity contribution in [3.05, 3.63) is 114 Å². The SMILES string of the molecule is O=C1c2ccccc2-c2ccc3c4ccc5c6c(c(Cl)cc(c7ccc1c2c37)c64)C(=O)c1c(Cl)c(Cl)c(Cl)c(Cl)c1-5. The van der Waals surface area contributed by atoms with Gasteiger partial charge in [0.25, 0.3) is 0 Å². The quantitative estimate of drug-likeness (QED) is 0.0725. The highest BCUT2D eigenvalue weighted by atomic mass is 35.5. The maximum atomic E-state index is 14.0. The number of hydrogen-bond acceptors (Lipinski definition) is 2. The van der Waals surface area contributed by atoms with Crippen LogP contribution in [0.25, 0.3) is 65.3 Å². The van der Waals surface area contributed by atoms with E-state index in [2.05, 4.69) is 12.1 Å². The van der Waals surface area contributed by atoms with Gasteiger partial charge in [-0.15, -0.1) is 0 Å². The fourth-order valence-electron chi connectivity index (χ4n) is 7.04. The van der Waals surface area contributed by atoms with Crippen LogP contribution in [0.4, 0.5) is 0 Å². The van der Waals surface area contributed by atoms with Gasteiger partial charge in [-0.1, -0.05) is 113 Å². The lowest BCUT2D eigenvalue weighted by Gasteiger charge is -2.27. The summed E-state index contributed by atoms with van der Waals surface area (Å²) < 4.78 is 0. The van der Waals surface area contributed by atoms with Crippen LogP contribution in [0.15, 0.2) is 66.7 Å². The van der Waals surface area contributed by atoms with Gasteiger partial charge in [-0.2, -0.15) is 0 Å². The molecule has 0 aromatic heterocycles. The third-order valence-electron chi connectivity index (χ3n) is 8.67. The summed E-state index contributed by atoms with van der Waals surface area (Å²) in [6.45, 7) is 0. The summed E-state index contributed by atoms with van der Waals surface area (Å²) in [6.07, 6.45) is 0. The van der Waals surface area contributed by atoms with Gasteiger partial charge in [0.15, 0.2) is 11.6 Å². The Balaban J connectivity index is 1.52. The Morgan fingerprint density at radius 2 is 0.951 bits per heavy atom. The lowest BCUT2D eigenvalue weighted by molar-refractivity contribution is 0.103. The number of carbonyl (C=O) groups excluding carboxylic acids is 2. The Kier molecular flexibility index (Phi) is 4.68. The third kappa shape index (κ3) is 2.74. The molecule has 9 rings (SSSR count). The van der Waals surface area contributed by atoms with E-state index in [9.17, 15) is 9.59 Å². The van der Waals surface area contributed by atoms with E-state index in [0.29, 0.717) is 38.2 Å². The van der Waals surface area contributed by atoms with Crippen molar-refractivity contribution in [2.24, 2.45) is 0 Å². The van der Waals surface area contributed by atoms with Crippen LogP contribution in [0.1, 0.15) is 31.8 Å². The average Bonchev–Trinajstić information content (AvgIpc) is 2.99. The highest BCUT2D eigenvalue weighted by Gasteiger charge is 2.36. The summed E-state index contributed by atoms with van der Waals surface area (Å²) in [6, 6.07) is 21.6. The van der Waals surface area contributed by atoms with E-state index in [4.69, 9.17) is 58.0 Å². The van der Waals surface area contributed by atoms with E-state index >= 15 is 0 Å². The third-order valence-corrected chi connectivity index (χ3v) is 10.8. The van der Waals surface area contributed by atoms with Gasteiger partial charge in [-0.05, 0) is 61.1 Å². The number of halogens is 5. The first-order chi connectivity index (χ1) is 19.8. The Morgan fingerprint density at radius 3 is 1.66 bits per heavy atom. The van der Waals surface area contributed by atoms with Gasteiger partial charge in [0.1, 0.15) is 0 Å². The summed E-state index contributed by atoms with van der Waals surface area (Å²) in [5.41, 5.74) is 5.02. The van der Waals surface area contributed by atoms with Crippen LogP contribution < -0.4 is 0 Å². The lowest BCUT2D eigenvalue weighted by Crippen LogP contribution is -2.13. The number of ketones is 2. The molecule has 2 nitrogen and oxygen atoms in total. The Labute approximate surface area is 257 Å².